The molecule has 1 N–H and O–H groups in total. The Hall–Kier alpha value is -1.96. The molecule has 1 aromatic carbocycles. The van der Waals surface area contributed by atoms with Crippen molar-refractivity contribution in [2.24, 2.45) is 7.05 Å². The van der Waals surface area contributed by atoms with Crippen molar-refractivity contribution < 1.29 is 9.21 Å². The fourth-order valence-electron chi connectivity index (χ4n) is 2.34. The fourth-order valence-corrected chi connectivity index (χ4v) is 3.37. The lowest BCUT2D eigenvalue weighted by Crippen LogP contribution is -2.28. The quantitative estimate of drug-likeness (QED) is 0.611. The molecule has 3 aromatic rings. The first-order chi connectivity index (χ1) is 12.5. The third-order valence-electron chi connectivity index (χ3n) is 3.73. The third kappa shape index (κ3) is 4.23. The van der Waals surface area contributed by atoms with E-state index in [9.17, 15) is 4.79 Å². The molecule has 0 fully saturated rings. The van der Waals surface area contributed by atoms with Gasteiger partial charge in [0.05, 0.1) is 28.1 Å². The van der Waals surface area contributed by atoms with Crippen LogP contribution in [-0.2, 0) is 11.8 Å². The Bertz CT molecular complexity index is 912. The second kappa shape index (κ2) is 8.16. The molecule has 26 heavy (non-hydrogen) atoms. The molecule has 0 aliphatic carbocycles. The highest BCUT2D eigenvalue weighted by Gasteiger charge is 2.16. The van der Waals surface area contributed by atoms with Gasteiger partial charge in [-0.3, -0.25) is 4.79 Å². The molecule has 1 atom stereocenters. The van der Waals surface area contributed by atoms with Crippen molar-refractivity contribution >= 4 is 40.9 Å². The molecule has 0 bridgehead atoms. The lowest BCUT2D eigenvalue weighted by molar-refractivity contribution is -0.119. The summed E-state index contributed by atoms with van der Waals surface area (Å²) in [5.74, 6) is 1.35. The number of nitrogens with one attached hydrogen (secondary N) is 1. The van der Waals surface area contributed by atoms with Crippen LogP contribution < -0.4 is 5.32 Å². The SMILES string of the molecule is C[C@@H](NC(=O)CSc1nnc(-c2ccco2)n1C)c1ccc(Cl)c(Cl)c1. The summed E-state index contributed by atoms with van der Waals surface area (Å²) >= 11 is 13.2. The standard InChI is InChI=1S/C17H16Cl2N4O2S/c1-10(11-5-6-12(18)13(19)8-11)20-15(24)9-26-17-22-21-16(23(17)2)14-4-3-7-25-14/h3-8,10H,9H2,1-2H3,(H,20,24)/t10-/m1/s1. The van der Waals surface area contributed by atoms with Gasteiger partial charge in [-0.2, -0.15) is 0 Å². The third-order valence-corrected chi connectivity index (χ3v) is 5.49. The molecule has 2 aromatic heterocycles. The Balaban J connectivity index is 1.58. The number of rotatable bonds is 6. The first kappa shape index (κ1) is 18.8. The van der Waals surface area contributed by atoms with Gasteiger partial charge in [-0.1, -0.05) is 41.0 Å². The van der Waals surface area contributed by atoms with Crippen molar-refractivity contribution in [3.8, 4) is 11.6 Å². The number of hydrogen-bond donors (Lipinski definition) is 1. The molecule has 1 amide bonds. The van der Waals surface area contributed by atoms with Crippen LogP contribution in [0.4, 0.5) is 0 Å². The fraction of sp³-hybridized carbons (Fsp3) is 0.235. The maximum atomic E-state index is 12.2. The summed E-state index contributed by atoms with van der Waals surface area (Å²) in [5, 5.41) is 12.7. The first-order valence-electron chi connectivity index (χ1n) is 7.76. The Morgan fingerprint density at radius 3 is 2.81 bits per heavy atom. The highest BCUT2D eigenvalue weighted by Crippen LogP contribution is 2.26. The van der Waals surface area contributed by atoms with Crippen LogP contribution in [0.2, 0.25) is 10.0 Å². The molecule has 0 aliphatic rings. The van der Waals surface area contributed by atoms with E-state index in [-0.39, 0.29) is 17.7 Å². The molecular formula is C17H16Cl2N4O2S. The molecule has 0 unspecified atom stereocenters. The summed E-state index contributed by atoms with van der Waals surface area (Å²) in [6.45, 7) is 1.89. The van der Waals surface area contributed by atoms with Crippen molar-refractivity contribution in [3.05, 3.63) is 52.2 Å². The zero-order valence-corrected chi connectivity index (χ0v) is 16.4. The van der Waals surface area contributed by atoms with E-state index in [0.717, 1.165) is 5.56 Å². The average Bonchev–Trinajstić information content (AvgIpc) is 3.25. The second-order valence-corrected chi connectivity index (χ2v) is 7.35. The number of thioether (sulfide) groups is 1. The van der Waals surface area contributed by atoms with Gasteiger partial charge in [-0.15, -0.1) is 10.2 Å². The van der Waals surface area contributed by atoms with Crippen molar-refractivity contribution in [2.45, 2.75) is 18.1 Å². The van der Waals surface area contributed by atoms with Crippen LogP contribution in [0.1, 0.15) is 18.5 Å². The van der Waals surface area contributed by atoms with E-state index in [4.69, 9.17) is 27.6 Å². The average molecular weight is 411 g/mol. The maximum absolute atomic E-state index is 12.2. The van der Waals surface area contributed by atoms with Gasteiger partial charge in [0.15, 0.2) is 16.7 Å². The van der Waals surface area contributed by atoms with Gasteiger partial charge in [0.1, 0.15) is 0 Å². The highest BCUT2D eigenvalue weighted by molar-refractivity contribution is 7.99. The van der Waals surface area contributed by atoms with Crippen LogP contribution >= 0.6 is 35.0 Å². The second-order valence-electron chi connectivity index (χ2n) is 5.59. The van der Waals surface area contributed by atoms with E-state index in [1.807, 2.05) is 26.1 Å². The summed E-state index contributed by atoms with van der Waals surface area (Å²) in [6, 6.07) is 8.71. The van der Waals surface area contributed by atoms with E-state index in [0.29, 0.717) is 26.8 Å². The van der Waals surface area contributed by atoms with Crippen LogP contribution in [0.15, 0.2) is 46.2 Å². The van der Waals surface area contributed by atoms with Crippen molar-refractivity contribution in [2.75, 3.05) is 5.75 Å². The topological polar surface area (TPSA) is 73.0 Å². The largest absolute Gasteiger partial charge is 0.461 e. The number of benzene rings is 1. The normalized spacial score (nSPS) is 12.2. The highest BCUT2D eigenvalue weighted by atomic mass is 35.5. The zero-order valence-electron chi connectivity index (χ0n) is 14.1. The summed E-state index contributed by atoms with van der Waals surface area (Å²) in [4.78, 5) is 12.2. The number of aromatic nitrogens is 3. The molecule has 9 heteroatoms. The number of carbonyl (C=O) groups is 1. The van der Waals surface area contributed by atoms with Crippen LogP contribution in [0.25, 0.3) is 11.6 Å². The monoisotopic (exact) mass is 410 g/mol. The van der Waals surface area contributed by atoms with Gasteiger partial charge in [-0.05, 0) is 36.8 Å². The minimum Gasteiger partial charge on any atom is -0.461 e. The van der Waals surface area contributed by atoms with Crippen LogP contribution in [0.3, 0.4) is 0 Å². The molecule has 0 aliphatic heterocycles. The molecule has 0 spiro atoms. The van der Waals surface area contributed by atoms with E-state index < -0.39 is 0 Å². The first-order valence-corrected chi connectivity index (χ1v) is 9.50. The van der Waals surface area contributed by atoms with E-state index in [1.165, 1.54) is 11.8 Å². The molecule has 3 rings (SSSR count). The van der Waals surface area contributed by atoms with Crippen molar-refractivity contribution in [1.29, 1.82) is 0 Å². The number of nitrogens with zero attached hydrogens (tertiary/aromatic N) is 3. The predicted octanol–water partition coefficient (Wildman–Crippen LogP) is 4.35. The van der Waals surface area contributed by atoms with Crippen molar-refractivity contribution in [3.63, 3.8) is 0 Å². The molecule has 136 valence electrons. The maximum Gasteiger partial charge on any atom is 0.230 e. The lowest BCUT2D eigenvalue weighted by atomic mass is 10.1. The van der Waals surface area contributed by atoms with Crippen molar-refractivity contribution in [1.82, 2.24) is 20.1 Å². The van der Waals surface area contributed by atoms with Gasteiger partial charge >= 0.3 is 0 Å². The van der Waals surface area contributed by atoms with Crippen LogP contribution in [0.5, 0.6) is 0 Å². The molecule has 0 saturated heterocycles. The Labute approximate surface area is 164 Å². The Morgan fingerprint density at radius 2 is 2.12 bits per heavy atom. The molecule has 2 heterocycles. The predicted molar refractivity (Wildman–Crippen MR) is 102 cm³/mol. The van der Waals surface area contributed by atoms with Gasteiger partial charge in [0.2, 0.25) is 5.91 Å². The van der Waals surface area contributed by atoms with Gasteiger partial charge in [0.25, 0.3) is 0 Å². The number of halogens is 2. The number of carbonyl (C=O) groups excluding carboxylic acids is 1. The van der Waals surface area contributed by atoms with Crippen LogP contribution in [-0.4, -0.2) is 26.4 Å². The summed E-state index contributed by atoms with van der Waals surface area (Å²) < 4.78 is 7.12. The van der Waals surface area contributed by atoms with Crippen LogP contribution in [0, 0.1) is 0 Å². The van der Waals surface area contributed by atoms with E-state index in [1.54, 1.807) is 29.0 Å². The van der Waals surface area contributed by atoms with Gasteiger partial charge in [0, 0.05) is 7.05 Å². The molecular weight excluding hydrogens is 395 g/mol. The zero-order chi connectivity index (χ0) is 18.7. The Morgan fingerprint density at radius 1 is 1.31 bits per heavy atom. The number of hydrogen-bond acceptors (Lipinski definition) is 5. The minimum absolute atomic E-state index is 0.115. The minimum atomic E-state index is -0.184. The van der Waals surface area contributed by atoms with Gasteiger partial charge < -0.3 is 14.3 Å². The van der Waals surface area contributed by atoms with E-state index >= 15 is 0 Å². The Kier molecular flexibility index (Phi) is 5.90. The summed E-state index contributed by atoms with van der Waals surface area (Å²) in [6.07, 6.45) is 1.58. The summed E-state index contributed by atoms with van der Waals surface area (Å²) in [7, 11) is 1.83. The summed E-state index contributed by atoms with van der Waals surface area (Å²) in [5.41, 5.74) is 0.886. The van der Waals surface area contributed by atoms with E-state index in [2.05, 4.69) is 15.5 Å². The molecule has 6 nitrogen and oxygen atoms in total. The molecule has 0 radical (unpaired) electrons. The number of amides is 1. The number of furan rings is 1. The lowest BCUT2D eigenvalue weighted by Gasteiger charge is -2.14. The smallest absolute Gasteiger partial charge is 0.230 e. The van der Waals surface area contributed by atoms with Gasteiger partial charge in [-0.25, -0.2) is 0 Å². The molecule has 0 saturated carbocycles.